The lowest BCUT2D eigenvalue weighted by molar-refractivity contribution is -0.900. The lowest BCUT2D eigenvalue weighted by atomic mass is 10.1. The molecule has 5 heteroatoms. The molecule has 1 N–H and O–H groups in total. The van der Waals surface area contributed by atoms with Crippen molar-refractivity contribution in [2.45, 2.75) is 0 Å². The van der Waals surface area contributed by atoms with Gasteiger partial charge in [0.15, 0.2) is 0 Å². The largest absolute Gasteiger partial charge is 0.545 e. The second-order valence-electron chi connectivity index (χ2n) is 5.95. The van der Waals surface area contributed by atoms with Crippen LogP contribution in [0.2, 0.25) is 0 Å². The van der Waals surface area contributed by atoms with Crippen LogP contribution in [-0.2, 0) is 0 Å². The number of quaternary nitrogens is 1. The van der Waals surface area contributed by atoms with Gasteiger partial charge in [0.2, 0.25) is 0 Å². The highest BCUT2D eigenvalue weighted by Gasteiger charge is 2.21. The molecule has 5 nitrogen and oxygen atoms in total. The molecule has 0 aromatic heterocycles. The molecule has 0 saturated carbocycles. The van der Waals surface area contributed by atoms with Crippen molar-refractivity contribution in [3.05, 3.63) is 60.2 Å². The molecule has 1 aliphatic rings. The quantitative estimate of drug-likeness (QED) is 0.801. The van der Waals surface area contributed by atoms with Gasteiger partial charge in [0.05, 0.1) is 32.1 Å². The van der Waals surface area contributed by atoms with Crippen molar-refractivity contribution in [2.75, 3.05) is 44.2 Å². The van der Waals surface area contributed by atoms with Crippen molar-refractivity contribution < 1.29 is 19.5 Å². The summed E-state index contributed by atoms with van der Waals surface area (Å²) < 4.78 is 5.75. The van der Waals surface area contributed by atoms with Gasteiger partial charge in [0.25, 0.3) is 0 Å². The molecule has 0 unspecified atom stereocenters. The number of carboxylic acids is 1. The molecular weight excluding hydrogens is 304 g/mol. The maximum atomic E-state index is 11.2. The molecule has 0 bridgehead atoms. The van der Waals surface area contributed by atoms with E-state index in [1.165, 1.54) is 4.90 Å². The average Bonchev–Trinajstić information content (AvgIpc) is 2.63. The van der Waals surface area contributed by atoms with Gasteiger partial charge in [-0.05, 0) is 18.2 Å². The van der Waals surface area contributed by atoms with Crippen LogP contribution in [0.5, 0.6) is 5.75 Å². The number of carbonyl (C=O) groups is 1. The van der Waals surface area contributed by atoms with E-state index >= 15 is 0 Å². The average molecular weight is 326 g/mol. The number of para-hydroxylation sites is 2. The molecule has 1 saturated heterocycles. The van der Waals surface area contributed by atoms with E-state index < -0.39 is 5.97 Å². The molecule has 0 aliphatic carbocycles. The van der Waals surface area contributed by atoms with E-state index in [1.807, 2.05) is 42.5 Å². The first-order valence-corrected chi connectivity index (χ1v) is 8.31. The molecule has 2 aromatic carbocycles. The number of benzene rings is 2. The van der Waals surface area contributed by atoms with Gasteiger partial charge in [-0.1, -0.05) is 36.4 Å². The lowest BCUT2D eigenvalue weighted by Crippen LogP contribution is -3.15. The maximum Gasteiger partial charge on any atom is 0.137 e. The molecule has 1 fully saturated rings. The molecular formula is C19H22N2O3. The summed E-state index contributed by atoms with van der Waals surface area (Å²) in [6.45, 7) is 5.26. The van der Waals surface area contributed by atoms with Crippen LogP contribution in [0.1, 0.15) is 10.4 Å². The van der Waals surface area contributed by atoms with E-state index in [1.54, 1.807) is 12.1 Å². The lowest BCUT2D eigenvalue weighted by Gasteiger charge is -2.34. The predicted octanol–water partition coefficient (Wildman–Crippen LogP) is -0.166. The van der Waals surface area contributed by atoms with Gasteiger partial charge in [-0.15, -0.1) is 0 Å². The molecule has 0 spiro atoms. The van der Waals surface area contributed by atoms with Gasteiger partial charge < -0.3 is 24.4 Å². The standard InChI is InChI=1S/C19H22N2O3/c22-19(23)17-8-4-5-9-18(17)21-12-10-20(11-13-21)14-15-24-16-6-2-1-3-7-16/h1-9H,10-15H2,(H,22,23). The summed E-state index contributed by atoms with van der Waals surface area (Å²) in [7, 11) is 0. The third-order valence-corrected chi connectivity index (χ3v) is 4.40. The van der Waals surface area contributed by atoms with Crippen LogP contribution >= 0.6 is 0 Å². The highest BCUT2D eigenvalue weighted by molar-refractivity contribution is 5.93. The second-order valence-corrected chi connectivity index (χ2v) is 5.95. The van der Waals surface area contributed by atoms with Crippen LogP contribution in [0.4, 0.5) is 5.69 Å². The minimum Gasteiger partial charge on any atom is -0.545 e. The van der Waals surface area contributed by atoms with E-state index in [9.17, 15) is 9.90 Å². The van der Waals surface area contributed by atoms with Gasteiger partial charge in [-0.2, -0.15) is 0 Å². The first-order valence-electron chi connectivity index (χ1n) is 8.31. The Balaban J connectivity index is 1.48. The Morgan fingerprint density at radius 1 is 1.04 bits per heavy atom. The minimum absolute atomic E-state index is 0.272. The monoisotopic (exact) mass is 326 g/mol. The molecule has 3 rings (SSSR count). The van der Waals surface area contributed by atoms with E-state index in [0.29, 0.717) is 6.61 Å². The number of piperazine rings is 1. The fourth-order valence-corrected chi connectivity index (χ4v) is 3.07. The van der Waals surface area contributed by atoms with Crippen molar-refractivity contribution in [1.29, 1.82) is 0 Å². The molecule has 24 heavy (non-hydrogen) atoms. The van der Waals surface area contributed by atoms with Crippen molar-refractivity contribution >= 4 is 11.7 Å². The van der Waals surface area contributed by atoms with Crippen LogP contribution in [0.3, 0.4) is 0 Å². The number of aromatic carboxylic acids is 1. The number of anilines is 1. The van der Waals surface area contributed by atoms with Crippen molar-refractivity contribution in [1.82, 2.24) is 0 Å². The number of hydrogen-bond donors (Lipinski definition) is 1. The fraction of sp³-hybridized carbons (Fsp3) is 0.316. The summed E-state index contributed by atoms with van der Waals surface area (Å²) in [5.74, 6) is -0.213. The third kappa shape index (κ3) is 4.06. The second kappa shape index (κ2) is 7.84. The first kappa shape index (κ1) is 16.3. The number of rotatable bonds is 6. The van der Waals surface area contributed by atoms with Crippen LogP contribution in [0, 0.1) is 0 Å². The summed E-state index contributed by atoms with van der Waals surface area (Å²) >= 11 is 0. The van der Waals surface area contributed by atoms with Crippen molar-refractivity contribution in [3.8, 4) is 5.75 Å². The SMILES string of the molecule is O=C([O-])c1ccccc1N1CC[NH+](CCOc2ccccc2)CC1. The predicted molar refractivity (Wildman–Crippen MR) is 90.5 cm³/mol. The molecule has 2 aromatic rings. The Morgan fingerprint density at radius 2 is 1.71 bits per heavy atom. The molecule has 1 heterocycles. The Hall–Kier alpha value is -2.53. The van der Waals surface area contributed by atoms with Crippen LogP contribution < -0.4 is 19.6 Å². The van der Waals surface area contributed by atoms with Crippen molar-refractivity contribution in [2.24, 2.45) is 0 Å². The zero-order valence-corrected chi connectivity index (χ0v) is 13.6. The van der Waals surface area contributed by atoms with Gasteiger partial charge in [0, 0.05) is 11.3 Å². The fourth-order valence-electron chi connectivity index (χ4n) is 3.07. The number of carboxylic acid groups (broad SMARTS) is 1. The normalized spacial score (nSPS) is 15.2. The van der Waals surface area contributed by atoms with Crippen molar-refractivity contribution in [3.63, 3.8) is 0 Å². The van der Waals surface area contributed by atoms with Gasteiger partial charge in [-0.3, -0.25) is 0 Å². The maximum absolute atomic E-state index is 11.2. The summed E-state index contributed by atoms with van der Waals surface area (Å²) in [6.07, 6.45) is 0. The van der Waals surface area contributed by atoms with E-state index in [-0.39, 0.29) is 5.56 Å². The van der Waals surface area contributed by atoms with Crippen LogP contribution in [0.25, 0.3) is 0 Å². The van der Waals surface area contributed by atoms with E-state index in [2.05, 4.69) is 4.90 Å². The first-order chi connectivity index (χ1) is 11.7. The molecule has 0 amide bonds. The Kier molecular flexibility index (Phi) is 5.33. The Morgan fingerprint density at radius 3 is 2.42 bits per heavy atom. The number of hydrogen-bond acceptors (Lipinski definition) is 4. The Labute approximate surface area is 142 Å². The van der Waals surface area contributed by atoms with Gasteiger partial charge in [-0.25, -0.2) is 0 Å². The summed E-state index contributed by atoms with van der Waals surface area (Å²) in [6, 6.07) is 16.9. The molecule has 0 atom stereocenters. The van der Waals surface area contributed by atoms with Crippen LogP contribution in [0.15, 0.2) is 54.6 Å². The van der Waals surface area contributed by atoms with E-state index in [0.717, 1.165) is 44.2 Å². The molecule has 1 aliphatic heterocycles. The van der Waals surface area contributed by atoms with Crippen LogP contribution in [-0.4, -0.2) is 45.3 Å². The summed E-state index contributed by atoms with van der Waals surface area (Å²) in [5.41, 5.74) is 1.03. The minimum atomic E-state index is -1.11. The van der Waals surface area contributed by atoms with E-state index in [4.69, 9.17) is 4.74 Å². The Bertz CT molecular complexity index is 667. The summed E-state index contributed by atoms with van der Waals surface area (Å²) in [4.78, 5) is 14.9. The topological polar surface area (TPSA) is 57.0 Å². The zero-order chi connectivity index (χ0) is 16.8. The number of nitrogens with zero attached hydrogens (tertiary/aromatic N) is 1. The van der Waals surface area contributed by atoms with Gasteiger partial charge in [0.1, 0.15) is 18.9 Å². The molecule has 0 radical (unpaired) electrons. The van der Waals surface area contributed by atoms with Gasteiger partial charge >= 0.3 is 0 Å². The smallest absolute Gasteiger partial charge is 0.137 e. The number of ether oxygens (including phenoxy) is 1. The summed E-state index contributed by atoms with van der Waals surface area (Å²) in [5, 5.41) is 11.2. The molecule has 126 valence electrons. The highest BCUT2D eigenvalue weighted by Crippen LogP contribution is 2.19. The third-order valence-electron chi connectivity index (χ3n) is 4.40. The zero-order valence-electron chi connectivity index (χ0n) is 13.6. The highest BCUT2D eigenvalue weighted by atomic mass is 16.5. The number of carbonyl (C=O) groups excluding carboxylic acids is 1. The number of nitrogens with one attached hydrogen (secondary N) is 1.